The number of primary amides is 1. The molecule has 18 heavy (non-hydrogen) atoms. The third kappa shape index (κ3) is 2.87. The number of pyridine rings is 1. The van der Waals surface area contributed by atoms with E-state index in [4.69, 9.17) is 10.5 Å². The van der Waals surface area contributed by atoms with Gasteiger partial charge in [-0.3, -0.25) is 4.79 Å². The molecule has 1 heterocycles. The first kappa shape index (κ1) is 12.6. The average molecular weight is 307 g/mol. The number of aromatic nitrogens is 1. The summed E-state index contributed by atoms with van der Waals surface area (Å²) in [6.07, 6.45) is 0. The molecule has 2 rings (SSSR count). The van der Waals surface area contributed by atoms with Gasteiger partial charge in [0.1, 0.15) is 11.3 Å². The van der Waals surface area contributed by atoms with Crippen molar-refractivity contribution in [1.29, 1.82) is 0 Å². The van der Waals surface area contributed by atoms with Gasteiger partial charge in [0.2, 0.25) is 5.88 Å². The fourth-order valence-electron chi connectivity index (χ4n) is 1.44. The van der Waals surface area contributed by atoms with Gasteiger partial charge in [-0.05, 0) is 37.3 Å². The summed E-state index contributed by atoms with van der Waals surface area (Å²) in [5.74, 6) is 0.248. The summed E-state index contributed by atoms with van der Waals surface area (Å²) in [6, 6.07) is 10.6. The molecular formula is C13H11BrN2O2. The van der Waals surface area contributed by atoms with Gasteiger partial charge in [-0.15, -0.1) is 0 Å². The Hall–Kier alpha value is -1.88. The minimum Gasteiger partial charge on any atom is -0.438 e. The molecular weight excluding hydrogens is 296 g/mol. The molecule has 1 amide bonds. The zero-order chi connectivity index (χ0) is 13.1. The second-order valence-corrected chi connectivity index (χ2v) is 4.64. The topological polar surface area (TPSA) is 65.2 Å². The van der Waals surface area contributed by atoms with Crippen LogP contribution in [0.25, 0.3) is 0 Å². The van der Waals surface area contributed by atoms with Crippen LogP contribution in [0.15, 0.2) is 40.9 Å². The SMILES string of the molecule is Cc1ccc(C(N)=O)c(Oc2cccc(Br)c2)n1. The fourth-order valence-corrected chi connectivity index (χ4v) is 1.82. The van der Waals surface area contributed by atoms with E-state index in [1.807, 2.05) is 19.1 Å². The molecule has 1 aromatic heterocycles. The number of carbonyl (C=O) groups excluding carboxylic acids is 1. The molecule has 0 bridgehead atoms. The molecule has 0 aliphatic rings. The molecule has 0 aliphatic carbocycles. The highest BCUT2D eigenvalue weighted by Crippen LogP contribution is 2.25. The van der Waals surface area contributed by atoms with Crippen molar-refractivity contribution in [2.24, 2.45) is 5.73 Å². The number of aryl methyl sites for hydroxylation is 1. The fraction of sp³-hybridized carbons (Fsp3) is 0.0769. The van der Waals surface area contributed by atoms with E-state index in [1.165, 1.54) is 0 Å². The summed E-state index contributed by atoms with van der Waals surface area (Å²) < 4.78 is 6.47. The highest BCUT2D eigenvalue weighted by Gasteiger charge is 2.12. The highest BCUT2D eigenvalue weighted by molar-refractivity contribution is 9.10. The second kappa shape index (κ2) is 5.18. The van der Waals surface area contributed by atoms with E-state index in [0.29, 0.717) is 5.75 Å². The number of nitrogens with zero attached hydrogens (tertiary/aromatic N) is 1. The van der Waals surface area contributed by atoms with Crippen LogP contribution in [0.5, 0.6) is 11.6 Å². The van der Waals surface area contributed by atoms with Gasteiger partial charge in [-0.25, -0.2) is 4.98 Å². The van der Waals surface area contributed by atoms with Gasteiger partial charge in [-0.1, -0.05) is 22.0 Å². The van der Waals surface area contributed by atoms with Gasteiger partial charge in [-0.2, -0.15) is 0 Å². The second-order valence-electron chi connectivity index (χ2n) is 3.73. The summed E-state index contributed by atoms with van der Waals surface area (Å²) in [7, 11) is 0. The van der Waals surface area contributed by atoms with E-state index in [2.05, 4.69) is 20.9 Å². The minimum absolute atomic E-state index is 0.223. The summed E-state index contributed by atoms with van der Waals surface area (Å²) in [4.78, 5) is 15.5. The van der Waals surface area contributed by atoms with Crippen molar-refractivity contribution in [2.75, 3.05) is 0 Å². The smallest absolute Gasteiger partial charge is 0.254 e. The van der Waals surface area contributed by atoms with Crippen molar-refractivity contribution in [3.8, 4) is 11.6 Å². The van der Waals surface area contributed by atoms with Crippen LogP contribution < -0.4 is 10.5 Å². The Morgan fingerprint density at radius 1 is 1.33 bits per heavy atom. The van der Waals surface area contributed by atoms with Gasteiger partial charge < -0.3 is 10.5 Å². The van der Waals surface area contributed by atoms with Gasteiger partial charge >= 0.3 is 0 Å². The molecule has 0 fully saturated rings. The van der Waals surface area contributed by atoms with Gasteiger partial charge in [0, 0.05) is 10.2 Å². The largest absolute Gasteiger partial charge is 0.438 e. The lowest BCUT2D eigenvalue weighted by Crippen LogP contribution is -2.13. The number of hydrogen-bond donors (Lipinski definition) is 1. The minimum atomic E-state index is -0.563. The molecule has 2 aromatic rings. The lowest BCUT2D eigenvalue weighted by molar-refractivity contribution is 0.0997. The number of halogens is 1. The van der Waals surface area contributed by atoms with Crippen molar-refractivity contribution >= 4 is 21.8 Å². The Morgan fingerprint density at radius 3 is 2.78 bits per heavy atom. The van der Waals surface area contributed by atoms with Crippen molar-refractivity contribution < 1.29 is 9.53 Å². The zero-order valence-corrected chi connectivity index (χ0v) is 11.3. The summed E-state index contributed by atoms with van der Waals surface area (Å²) >= 11 is 3.35. The van der Waals surface area contributed by atoms with Crippen molar-refractivity contribution in [1.82, 2.24) is 4.98 Å². The maximum atomic E-state index is 11.3. The monoisotopic (exact) mass is 306 g/mol. The van der Waals surface area contributed by atoms with Crippen LogP contribution in [0.1, 0.15) is 16.1 Å². The number of nitrogens with two attached hydrogens (primary N) is 1. The Morgan fingerprint density at radius 2 is 2.11 bits per heavy atom. The third-order valence-corrected chi connectivity index (χ3v) is 2.77. The van der Waals surface area contributed by atoms with E-state index in [-0.39, 0.29) is 11.4 Å². The van der Waals surface area contributed by atoms with Crippen molar-refractivity contribution in [2.45, 2.75) is 6.92 Å². The number of hydrogen-bond acceptors (Lipinski definition) is 3. The molecule has 5 heteroatoms. The van der Waals surface area contributed by atoms with Crippen LogP contribution in [0.3, 0.4) is 0 Å². The molecule has 92 valence electrons. The number of amides is 1. The van der Waals surface area contributed by atoms with Crippen LogP contribution in [0.4, 0.5) is 0 Å². The third-order valence-electron chi connectivity index (χ3n) is 2.28. The van der Waals surface area contributed by atoms with Crippen LogP contribution in [-0.2, 0) is 0 Å². The molecule has 4 nitrogen and oxygen atoms in total. The number of benzene rings is 1. The lowest BCUT2D eigenvalue weighted by atomic mass is 10.2. The quantitative estimate of drug-likeness (QED) is 0.948. The Labute approximate surface area is 113 Å². The standard InChI is InChI=1S/C13H11BrN2O2/c1-8-5-6-11(12(15)17)13(16-8)18-10-4-2-3-9(14)7-10/h2-7H,1H3,(H2,15,17). The Bertz CT molecular complexity index is 599. The first-order valence-corrected chi connectivity index (χ1v) is 6.06. The first-order valence-electron chi connectivity index (χ1n) is 5.27. The summed E-state index contributed by atoms with van der Waals surface area (Å²) in [6.45, 7) is 1.82. The molecule has 0 spiro atoms. The molecule has 0 atom stereocenters. The molecule has 0 saturated heterocycles. The Balaban J connectivity index is 2.39. The predicted octanol–water partition coefficient (Wildman–Crippen LogP) is 3.04. The van der Waals surface area contributed by atoms with E-state index in [1.54, 1.807) is 24.3 Å². The number of rotatable bonds is 3. The molecule has 0 unspecified atom stereocenters. The van der Waals surface area contributed by atoms with Crippen molar-refractivity contribution in [3.63, 3.8) is 0 Å². The molecule has 0 radical (unpaired) electrons. The van der Waals surface area contributed by atoms with Gasteiger partial charge in [0.05, 0.1) is 0 Å². The predicted molar refractivity (Wildman–Crippen MR) is 71.7 cm³/mol. The maximum absolute atomic E-state index is 11.3. The molecule has 0 aliphatic heterocycles. The van der Waals surface area contributed by atoms with E-state index in [9.17, 15) is 4.79 Å². The van der Waals surface area contributed by atoms with Crippen molar-refractivity contribution in [3.05, 3.63) is 52.1 Å². The van der Waals surface area contributed by atoms with E-state index < -0.39 is 5.91 Å². The van der Waals surface area contributed by atoms with Crippen LogP contribution in [-0.4, -0.2) is 10.9 Å². The lowest BCUT2D eigenvalue weighted by Gasteiger charge is -2.09. The van der Waals surface area contributed by atoms with E-state index in [0.717, 1.165) is 10.2 Å². The maximum Gasteiger partial charge on any atom is 0.254 e. The zero-order valence-electron chi connectivity index (χ0n) is 9.68. The van der Waals surface area contributed by atoms with Crippen LogP contribution in [0, 0.1) is 6.92 Å². The molecule has 1 aromatic carbocycles. The Kier molecular flexibility index (Phi) is 3.62. The highest BCUT2D eigenvalue weighted by atomic mass is 79.9. The number of ether oxygens (including phenoxy) is 1. The molecule has 2 N–H and O–H groups in total. The van der Waals surface area contributed by atoms with E-state index >= 15 is 0 Å². The summed E-state index contributed by atoms with van der Waals surface area (Å²) in [5, 5.41) is 0. The van der Waals surface area contributed by atoms with Gasteiger partial charge in [0.25, 0.3) is 5.91 Å². The van der Waals surface area contributed by atoms with Crippen LogP contribution >= 0.6 is 15.9 Å². The average Bonchev–Trinajstić information content (AvgIpc) is 2.28. The number of carbonyl (C=O) groups is 1. The first-order chi connectivity index (χ1) is 8.56. The molecule has 0 saturated carbocycles. The summed E-state index contributed by atoms with van der Waals surface area (Å²) in [5.41, 5.74) is 6.30. The normalized spacial score (nSPS) is 10.1. The van der Waals surface area contributed by atoms with Gasteiger partial charge in [0.15, 0.2) is 0 Å². The van der Waals surface area contributed by atoms with Crippen LogP contribution in [0.2, 0.25) is 0 Å².